The molecule has 0 radical (unpaired) electrons. The van der Waals surface area contributed by atoms with Gasteiger partial charge in [0.2, 0.25) is 10.0 Å². The van der Waals surface area contributed by atoms with E-state index < -0.39 is 38.5 Å². The first-order chi connectivity index (χ1) is 7.27. The highest BCUT2D eigenvalue weighted by Crippen LogP contribution is 2.25. The van der Waals surface area contributed by atoms with Crippen LogP contribution in [0.3, 0.4) is 0 Å². The summed E-state index contributed by atoms with van der Waals surface area (Å²) in [5.41, 5.74) is -2.15. The summed E-state index contributed by atoms with van der Waals surface area (Å²) in [6.07, 6.45) is -3.28. The van der Waals surface area contributed by atoms with E-state index in [2.05, 4.69) is 10.1 Å². The van der Waals surface area contributed by atoms with Gasteiger partial charge in [-0.15, -0.1) is 0 Å². The number of sulfonamides is 1. The number of pyridine rings is 1. The van der Waals surface area contributed by atoms with Crippen molar-refractivity contribution in [1.29, 1.82) is 5.26 Å². The van der Waals surface area contributed by atoms with Gasteiger partial charge in [-0.2, -0.15) is 5.26 Å². The fourth-order valence-corrected chi connectivity index (χ4v) is 1.64. The first kappa shape index (κ1) is 12.4. The highest BCUT2D eigenvalue weighted by molar-refractivity contribution is 7.89. The molecule has 0 aromatic carbocycles. The van der Waals surface area contributed by atoms with Crippen LogP contribution in [0.1, 0.15) is 17.8 Å². The van der Waals surface area contributed by atoms with Crippen LogP contribution in [0.25, 0.3) is 0 Å². The van der Waals surface area contributed by atoms with Crippen LogP contribution >= 0.6 is 0 Å². The molecule has 86 valence electrons. The number of halogens is 3. The van der Waals surface area contributed by atoms with Gasteiger partial charge in [0.15, 0.2) is 11.5 Å². The molecule has 0 saturated heterocycles. The van der Waals surface area contributed by atoms with Gasteiger partial charge >= 0.3 is 0 Å². The molecule has 1 heterocycles. The number of nitrogens with two attached hydrogens (primary N) is 1. The molecule has 0 bridgehead atoms. The lowest BCUT2D eigenvalue weighted by Gasteiger charge is -2.06. The summed E-state index contributed by atoms with van der Waals surface area (Å²) in [6, 6.07) is 1.47. The normalized spacial score (nSPS) is 11.5. The molecule has 2 N–H and O–H groups in total. The second-order valence-electron chi connectivity index (χ2n) is 2.66. The molecule has 5 nitrogen and oxygen atoms in total. The van der Waals surface area contributed by atoms with Gasteiger partial charge in [-0.05, 0) is 6.07 Å². The Morgan fingerprint density at radius 3 is 2.44 bits per heavy atom. The molecule has 1 aromatic heterocycles. The molecule has 0 atom stereocenters. The van der Waals surface area contributed by atoms with Crippen molar-refractivity contribution in [3.8, 4) is 6.07 Å². The molecule has 0 aliphatic rings. The Bertz CT molecular complexity index is 565. The Morgan fingerprint density at radius 2 is 2.06 bits per heavy atom. The monoisotopic (exact) mass is 251 g/mol. The van der Waals surface area contributed by atoms with E-state index in [0.717, 1.165) is 0 Å². The fraction of sp³-hybridized carbons (Fsp3) is 0.143. The van der Waals surface area contributed by atoms with Crippen LogP contribution in [-0.2, 0) is 10.0 Å². The summed E-state index contributed by atoms with van der Waals surface area (Å²) in [5, 5.41) is 12.9. The van der Waals surface area contributed by atoms with Crippen LogP contribution in [0.5, 0.6) is 0 Å². The van der Waals surface area contributed by atoms with E-state index in [9.17, 15) is 21.6 Å². The molecule has 0 fully saturated rings. The summed E-state index contributed by atoms with van der Waals surface area (Å²) < 4.78 is 59.5. The maximum atomic E-state index is 13.0. The summed E-state index contributed by atoms with van der Waals surface area (Å²) in [6.45, 7) is 0. The Labute approximate surface area is 88.4 Å². The zero-order valence-corrected chi connectivity index (χ0v) is 8.30. The number of hydrogen-bond acceptors (Lipinski definition) is 4. The maximum absolute atomic E-state index is 13.0. The predicted molar refractivity (Wildman–Crippen MR) is 45.2 cm³/mol. The van der Waals surface area contributed by atoms with E-state index in [4.69, 9.17) is 5.26 Å². The number of nitriles is 1. The molecular formula is C7H4F3N3O2S. The van der Waals surface area contributed by atoms with Crippen LogP contribution in [0.15, 0.2) is 11.0 Å². The third-order valence-corrected chi connectivity index (χ3v) is 2.53. The highest BCUT2D eigenvalue weighted by atomic mass is 32.2. The average molecular weight is 251 g/mol. The minimum absolute atomic E-state index is 0.252. The average Bonchev–Trinajstić information content (AvgIpc) is 2.15. The zero-order chi connectivity index (χ0) is 12.5. The quantitative estimate of drug-likeness (QED) is 0.835. The molecule has 9 heteroatoms. The maximum Gasteiger partial charge on any atom is 0.281 e. The minimum Gasteiger partial charge on any atom is -0.232 e. The van der Waals surface area contributed by atoms with Crippen molar-refractivity contribution in [2.75, 3.05) is 0 Å². The standard InChI is InChI=1S/C7H4F3N3O2S/c8-3-1-5(16(12,14)15)6(7(9)10)13-4(3)2-11/h1,7H,(H2,12,14,15). The van der Waals surface area contributed by atoms with Crippen LogP contribution in [0, 0.1) is 17.1 Å². The summed E-state index contributed by atoms with van der Waals surface area (Å²) >= 11 is 0. The van der Waals surface area contributed by atoms with E-state index in [1.165, 1.54) is 6.07 Å². The van der Waals surface area contributed by atoms with Gasteiger partial charge in [-0.1, -0.05) is 0 Å². The van der Waals surface area contributed by atoms with Gasteiger partial charge in [0.05, 0.1) is 0 Å². The van der Waals surface area contributed by atoms with E-state index in [1.807, 2.05) is 0 Å². The van der Waals surface area contributed by atoms with Gasteiger partial charge in [0, 0.05) is 0 Å². The number of hydrogen-bond donors (Lipinski definition) is 1. The van der Waals surface area contributed by atoms with Gasteiger partial charge in [-0.25, -0.2) is 31.7 Å². The summed E-state index contributed by atoms with van der Waals surface area (Å²) in [5.74, 6) is -1.32. The lowest BCUT2D eigenvalue weighted by Crippen LogP contribution is -2.17. The first-order valence-electron chi connectivity index (χ1n) is 3.69. The second kappa shape index (κ2) is 4.07. The van der Waals surface area contributed by atoms with E-state index >= 15 is 0 Å². The van der Waals surface area contributed by atoms with E-state index in [0.29, 0.717) is 0 Å². The molecular weight excluding hydrogens is 247 g/mol. The number of aromatic nitrogens is 1. The Hall–Kier alpha value is -1.66. The fourth-order valence-electron chi connectivity index (χ4n) is 0.949. The van der Waals surface area contributed by atoms with Crippen LogP contribution in [0.4, 0.5) is 13.2 Å². The van der Waals surface area contributed by atoms with Gasteiger partial charge in [0.1, 0.15) is 16.7 Å². The smallest absolute Gasteiger partial charge is 0.232 e. The van der Waals surface area contributed by atoms with Crippen molar-refractivity contribution in [2.24, 2.45) is 5.14 Å². The minimum atomic E-state index is -4.52. The lowest BCUT2D eigenvalue weighted by atomic mass is 10.3. The molecule has 1 aromatic rings. The molecule has 0 saturated carbocycles. The van der Waals surface area contributed by atoms with Crippen molar-refractivity contribution in [3.05, 3.63) is 23.3 Å². The zero-order valence-electron chi connectivity index (χ0n) is 7.49. The van der Waals surface area contributed by atoms with Crippen LogP contribution < -0.4 is 5.14 Å². The summed E-state index contributed by atoms with van der Waals surface area (Å²) in [7, 11) is -4.52. The summed E-state index contributed by atoms with van der Waals surface area (Å²) in [4.78, 5) is 1.79. The third kappa shape index (κ3) is 2.29. The number of primary sulfonamides is 1. The number of nitrogens with zero attached hydrogens (tertiary/aromatic N) is 2. The van der Waals surface area contributed by atoms with Crippen molar-refractivity contribution < 1.29 is 21.6 Å². The second-order valence-corrected chi connectivity index (χ2v) is 4.19. The van der Waals surface area contributed by atoms with Gasteiger partial charge in [0.25, 0.3) is 6.43 Å². The highest BCUT2D eigenvalue weighted by Gasteiger charge is 2.25. The van der Waals surface area contributed by atoms with Crippen molar-refractivity contribution in [1.82, 2.24) is 4.98 Å². The molecule has 0 amide bonds. The molecule has 16 heavy (non-hydrogen) atoms. The Balaban J connectivity index is 3.63. The molecule has 0 unspecified atom stereocenters. The largest absolute Gasteiger partial charge is 0.281 e. The predicted octanol–water partition coefficient (Wildman–Crippen LogP) is 0.677. The topological polar surface area (TPSA) is 96.8 Å². The van der Waals surface area contributed by atoms with Crippen LogP contribution in [-0.4, -0.2) is 13.4 Å². The first-order valence-corrected chi connectivity index (χ1v) is 5.23. The molecule has 0 spiro atoms. The number of alkyl halides is 2. The van der Waals surface area contributed by atoms with Crippen molar-refractivity contribution in [3.63, 3.8) is 0 Å². The number of rotatable bonds is 2. The molecule has 1 rings (SSSR count). The lowest BCUT2D eigenvalue weighted by molar-refractivity contribution is 0.142. The molecule has 0 aliphatic carbocycles. The van der Waals surface area contributed by atoms with E-state index in [-0.39, 0.29) is 6.07 Å². The Morgan fingerprint density at radius 1 is 1.50 bits per heavy atom. The molecule has 0 aliphatic heterocycles. The van der Waals surface area contributed by atoms with Crippen molar-refractivity contribution >= 4 is 10.0 Å². The Kier molecular flexibility index (Phi) is 3.16. The third-order valence-electron chi connectivity index (χ3n) is 1.59. The van der Waals surface area contributed by atoms with E-state index in [1.54, 1.807) is 0 Å². The van der Waals surface area contributed by atoms with Gasteiger partial charge < -0.3 is 0 Å². The van der Waals surface area contributed by atoms with Gasteiger partial charge in [-0.3, -0.25) is 0 Å². The van der Waals surface area contributed by atoms with Crippen LogP contribution in [0.2, 0.25) is 0 Å². The van der Waals surface area contributed by atoms with Crippen molar-refractivity contribution in [2.45, 2.75) is 11.3 Å². The SMILES string of the molecule is N#Cc1nc(C(F)F)c(S(N)(=O)=O)cc1F.